The van der Waals surface area contributed by atoms with E-state index in [4.69, 9.17) is 4.74 Å². The molecule has 0 saturated carbocycles. The first kappa shape index (κ1) is 25.3. The zero-order valence-electron chi connectivity index (χ0n) is 21.4. The van der Waals surface area contributed by atoms with E-state index in [-0.39, 0.29) is 30.9 Å². The second-order valence-electron chi connectivity index (χ2n) is 10.5. The summed E-state index contributed by atoms with van der Waals surface area (Å²) >= 11 is 0. The number of rotatable bonds is 8. The normalized spacial score (nSPS) is 27.7. The van der Waals surface area contributed by atoms with Crippen molar-refractivity contribution in [2.24, 2.45) is 11.8 Å². The highest BCUT2D eigenvalue weighted by molar-refractivity contribution is 6.02. The van der Waals surface area contributed by atoms with Crippen LogP contribution in [0.15, 0.2) is 91.0 Å². The molecule has 2 unspecified atom stereocenters. The fraction of sp³-hybridized carbons (Fsp3) is 0.323. The SMILES string of the molecule is O=C(NCc1ccccc1)C1N([C@H](CO)c2ccccc2)C(=O)[C@@H]2[C@H](C(=O)Nc3ccccc3)[C@@H]3CCC12O3. The minimum absolute atomic E-state index is 0.287. The molecule has 3 fully saturated rings. The molecule has 6 atom stereocenters. The van der Waals surface area contributed by atoms with Gasteiger partial charge < -0.3 is 25.4 Å². The molecular weight excluding hydrogens is 494 g/mol. The molecule has 0 radical (unpaired) electrons. The third-order valence-electron chi connectivity index (χ3n) is 8.33. The Hall–Kier alpha value is -4.01. The summed E-state index contributed by atoms with van der Waals surface area (Å²) in [5.74, 6) is -2.56. The molecule has 3 aliphatic heterocycles. The van der Waals surface area contributed by atoms with Crippen molar-refractivity contribution in [1.82, 2.24) is 10.2 Å². The Morgan fingerprint density at radius 1 is 0.949 bits per heavy atom. The van der Waals surface area contributed by atoms with Crippen LogP contribution in [-0.4, -0.2) is 52.1 Å². The number of nitrogens with zero attached hydrogens (tertiary/aromatic N) is 1. The van der Waals surface area contributed by atoms with Gasteiger partial charge in [0, 0.05) is 12.2 Å². The lowest BCUT2D eigenvalue weighted by molar-refractivity contribution is -0.145. The molecule has 6 rings (SSSR count). The van der Waals surface area contributed by atoms with Crippen molar-refractivity contribution in [3.05, 3.63) is 102 Å². The van der Waals surface area contributed by atoms with Crippen molar-refractivity contribution < 1.29 is 24.2 Å². The van der Waals surface area contributed by atoms with Gasteiger partial charge in [-0.15, -0.1) is 0 Å². The number of likely N-dealkylation sites (tertiary alicyclic amines) is 1. The summed E-state index contributed by atoms with van der Waals surface area (Å²) in [6.45, 7) is -0.0826. The van der Waals surface area contributed by atoms with Gasteiger partial charge in [0.15, 0.2) is 0 Å². The Morgan fingerprint density at radius 3 is 2.26 bits per heavy atom. The summed E-state index contributed by atoms with van der Waals surface area (Å²) in [6, 6.07) is 26.1. The molecule has 1 spiro atoms. The summed E-state index contributed by atoms with van der Waals surface area (Å²) in [5, 5.41) is 16.5. The maximum Gasteiger partial charge on any atom is 0.246 e. The van der Waals surface area contributed by atoms with Gasteiger partial charge in [0.2, 0.25) is 17.7 Å². The predicted octanol–water partition coefficient (Wildman–Crippen LogP) is 3.05. The van der Waals surface area contributed by atoms with Crippen LogP contribution < -0.4 is 10.6 Å². The van der Waals surface area contributed by atoms with Crippen LogP contribution in [0.5, 0.6) is 0 Å². The number of fused-ring (bicyclic) bond motifs is 1. The van der Waals surface area contributed by atoms with E-state index in [2.05, 4.69) is 10.6 Å². The second kappa shape index (κ2) is 10.3. The van der Waals surface area contributed by atoms with Gasteiger partial charge in [0.05, 0.1) is 30.6 Å². The van der Waals surface area contributed by atoms with E-state index in [0.717, 1.165) is 5.56 Å². The molecule has 3 heterocycles. The van der Waals surface area contributed by atoms with E-state index in [0.29, 0.717) is 24.1 Å². The maximum absolute atomic E-state index is 14.3. The van der Waals surface area contributed by atoms with E-state index < -0.39 is 35.6 Å². The minimum Gasteiger partial charge on any atom is -0.394 e. The summed E-state index contributed by atoms with van der Waals surface area (Å²) in [6.07, 6.45) is 0.594. The van der Waals surface area contributed by atoms with Crippen molar-refractivity contribution in [3.63, 3.8) is 0 Å². The van der Waals surface area contributed by atoms with Crippen molar-refractivity contribution in [3.8, 4) is 0 Å². The van der Waals surface area contributed by atoms with E-state index in [1.807, 2.05) is 78.9 Å². The van der Waals surface area contributed by atoms with Crippen LogP contribution >= 0.6 is 0 Å². The van der Waals surface area contributed by atoms with Crippen LogP contribution in [0.1, 0.15) is 30.0 Å². The van der Waals surface area contributed by atoms with Crippen molar-refractivity contribution in [2.45, 2.75) is 43.2 Å². The lowest BCUT2D eigenvalue weighted by atomic mass is 9.70. The second-order valence-corrected chi connectivity index (χ2v) is 10.5. The number of aliphatic hydroxyl groups is 1. The first-order valence-corrected chi connectivity index (χ1v) is 13.4. The van der Waals surface area contributed by atoms with Gasteiger partial charge in [-0.25, -0.2) is 0 Å². The molecule has 3 amide bonds. The lowest BCUT2D eigenvalue weighted by Crippen LogP contribution is -2.56. The summed E-state index contributed by atoms with van der Waals surface area (Å²) in [5.41, 5.74) is 1.12. The number of hydrogen-bond acceptors (Lipinski definition) is 5. The number of hydrogen-bond donors (Lipinski definition) is 3. The fourth-order valence-electron chi connectivity index (χ4n) is 6.68. The maximum atomic E-state index is 14.3. The summed E-state index contributed by atoms with van der Waals surface area (Å²) in [7, 11) is 0. The minimum atomic E-state index is -1.15. The topological polar surface area (TPSA) is 108 Å². The Bertz CT molecular complexity index is 1350. The number of anilines is 1. The largest absolute Gasteiger partial charge is 0.394 e. The molecule has 200 valence electrons. The van der Waals surface area contributed by atoms with Gasteiger partial charge in [0.25, 0.3) is 0 Å². The molecule has 0 aromatic heterocycles. The highest BCUT2D eigenvalue weighted by Crippen LogP contribution is 2.59. The van der Waals surface area contributed by atoms with Crippen molar-refractivity contribution in [2.75, 3.05) is 11.9 Å². The van der Waals surface area contributed by atoms with Crippen molar-refractivity contribution in [1.29, 1.82) is 0 Å². The molecule has 3 aromatic rings. The van der Waals surface area contributed by atoms with Gasteiger partial charge in [-0.3, -0.25) is 14.4 Å². The standard InChI is InChI=1S/C31H31N3O5/c35-19-23(21-12-6-2-7-13-21)34-27(29(37)32-18-20-10-4-1-5-11-20)31-17-16-24(39-31)25(26(31)30(34)38)28(36)33-22-14-8-3-9-15-22/h1-15,23-27,35H,16-19H2,(H,32,37)(H,33,36)/t23-,24+,25-,26+,27?,31?/m1/s1. The number of amides is 3. The van der Waals surface area contributed by atoms with Crippen LogP contribution in [0.3, 0.4) is 0 Å². The quantitative estimate of drug-likeness (QED) is 0.419. The Morgan fingerprint density at radius 2 is 1.59 bits per heavy atom. The van der Waals surface area contributed by atoms with Crippen molar-refractivity contribution >= 4 is 23.4 Å². The molecule has 3 saturated heterocycles. The third kappa shape index (κ3) is 4.30. The summed E-state index contributed by atoms with van der Waals surface area (Å²) in [4.78, 5) is 43.3. The Balaban J connectivity index is 1.36. The molecular formula is C31H31N3O5. The average molecular weight is 526 g/mol. The van der Waals surface area contributed by atoms with Crippen LogP contribution in [0.4, 0.5) is 5.69 Å². The smallest absolute Gasteiger partial charge is 0.246 e. The number of carbonyl (C=O) groups is 3. The summed E-state index contributed by atoms with van der Waals surface area (Å²) < 4.78 is 6.51. The highest BCUT2D eigenvalue weighted by atomic mass is 16.5. The first-order valence-electron chi connectivity index (χ1n) is 13.4. The van der Waals surface area contributed by atoms with E-state index in [9.17, 15) is 19.5 Å². The molecule has 0 aliphatic carbocycles. The van der Waals surface area contributed by atoms with E-state index in [1.165, 1.54) is 4.90 Å². The van der Waals surface area contributed by atoms with Crippen LogP contribution in [-0.2, 0) is 25.7 Å². The third-order valence-corrected chi connectivity index (χ3v) is 8.33. The Kier molecular flexibility index (Phi) is 6.66. The monoisotopic (exact) mass is 525 g/mol. The van der Waals surface area contributed by atoms with Gasteiger partial charge in [-0.05, 0) is 36.1 Å². The predicted molar refractivity (Wildman–Crippen MR) is 144 cm³/mol. The van der Waals surface area contributed by atoms with Crippen LogP contribution in [0.2, 0.25) is 0 Å². The van der Waals surface area contributed by atoms with Crippen LogP contribution in [0, 0.1) is 11.8 Å². The zero-order valence-corrected chi connectivity index (χ0v) is 21.4. The van der Waals surface area contributed by atoms with Gasteiger partial charge in [-0.1, -0.05) is 78.9 Å². The lowest BCUT2D eigenvalue weighted by Gasteiger charge is -2.36. The molecule has 3 aliphatic rings. The number of nitrogens with one attached hydrogen (secondary N) is 2. The van der Waals surface area contributed by atoms with Crippen LogP contribution in [0.25, 0.3) is 0 Å². The number of benzene rings is 3. The number of ether oxygens (including phenoxy) is 1. The molecule has 8 nitrogen and oxygen atoms in total. The fourth-order valence-corrected chi connectivity index (χ4v) is 6.68. The molecule has 3 N–H and O–H groups in total. The first-order chi connectivity index (χ1) is 19.0. The van der Waals surface area contributed by atoms with E-state index in [1.54, 1.807) is 12.1 Å². The van der Waals surface area contributed by atoms with Gasteiger partial charge in [-0.2, -0.15) is 0 Å². The average Bonchev–Trinajstić information content (AvgIpc) is 3.62. The molecule has 39 heavy (non-hydrogen) atoms. The zero-order chi connectivity index (χ0) is 27.0. The Labute approximate surface area is 227 Å². The van der Waals surface area contributed by atoms with E-state index >= 15 is 0 Å². The van der Waals surface area contributed by atoms with Gasteiger partial charge >= 0.3 is 0 Å². The molecule has 8 heteroatoms. The molecule has 2 bridgehead atoms. The van der Waals surface area contributed by atoms with Gasteiger partial charge in [0.1, 0.15) is 11.6 Å². The number of aliphatic hydroxyl groups excluding tert-OH is 1. The number of carbonyl (C=O) groups excluding carboxylic acids is 3. The number of para-hydroxylation sites is 1. The highest BCUT2D eigenvalue weighted by Gasteiger charge is 2.75. The molecule has 3 aromatic carbocycles.